The summed E-state index contributed by atoms with van der Waals surface area (Å²) in [5.74, 6) is 0. The minimum atomic E-state index is 0.840. The molecule has 126 valence electrons. The molecule has 3 aromatic carbocycles. The van der Waals surface area contributed by atoms with Crippen LogP contribution in [0.25, 0.3) is 0 Å². The highest BCUT2D eigenvalue weighted by atomic mass is 35.5. The van der Waals surface area contributed by atoms with Crippen molar-refractivity contribution in [2.75, 3.05) is 0 Å². The number of hydrogen-bond acceptors (Lipinski definition) is 0. The van der Waals surface area contributed by atoms with Gasteiger partial charge in [0.1, 0.15) is 0 Å². The zero-order valence-corrected chi connectivity index (χ0v) is 16.2. The SMILES string of the molecule is Cc1ccccc1C.Cc1ccccc1Cl.Cc1ccccc1Cl. The van der Waals surface area contributed by atoms with Crippen molar-refractivity contribution in [1.29, 1.82) is 0 Å². The molecule has 24 heavy (non-hydrogen) atoms. The lowest BCUT2D eigenvalue weighted by Gasteiger charge is -1.93. The standard InChI is InChI=1S/C8H10.2C7H7Cl/c1-7-5-3-4-6-8(7)2;2*1-6-4-2-3-5-7(6)8/h3-6H,1-2H3;2*2-5H,1H3. The lowest BCUT2D eigenvalue weighted by molar-refractivity contribution is 1.34. The van der Waals surface area contributed by atoms with Gasteiger partial charge in [-0.05, 0) is 62.1 Å². The normalized spacial score (nSPS) is 9.25. The number of halogens is 2. The molecule has 0 aliphatic heterocycles. The van der Waals surface area contributed by atoms with Crippen LogP contribution in [0.5, 0.6) is 0 Å². The number of hydrogen-bond donors (Lipinski definition) is 0. The summed E-state index contributed by atoms with van der Waals surface area (Å²) in [6, 6.07) is 23.9. The van der Waals surface area contributed by atoms with Crippen LogP contribution in [0.3, 0.4) is 0 Å². The van der Waals surface area contributed by atoms with E-state index in [-0.39, 0.29) is 0 Å². The van der Waals surface area contributed by atoms with E-state index in [0.717, 1.165) is 21.2 Å². The Bertz CT molecular complexity index is 582. The van der Waals surface area contributed by atoms with Crippen molar-refractivity contribution in [2.24, 2.45) is 0 Å². The molecule has 0 aliphatic carbocycles. The molecule has 0 aromatic heterocycles. The summed E-state index contributed by atoms with van der Waals surface area (Å²) in [5.41, 5.74) is 5.00. The summed E-state index contributed by atoms with van der Waals surface area (Å²) in [4.78, 5) is 0. The van der Waals surface area contributed by atoms with Crippen LogP contribution in [-0.4, -0.2) is 0 Å². The fourth-order valence-electron chi connectivity index (χ4n) is 1.76. The third kappa shape index (κ3) is 7.68. The fraction of sp³-hybridized carbons (Fsp3) is 0.182. The molecule has 0 heterocycles. The van der Waals surface area contributed by atoms with Crippen LogP contribution in [0, 0.1) is 27.7 Å². The molecule has 3 rings (SSSR count). The van der Waals surface area contributed by atoms with E-state index in [4.69, 9.17) is 23.2 Å². The monoisotopic (exact) mass is 358 g/mol. The van der Waals surface area contributed by atoms with E-state index in [0.29, 0.717) is 0 Å². The van der Waals surface area contributed by atoms with Crippen LogP contribution in [-0.2, 0) is 0 Å². The molecule has 0 radical (unpaired) electrons. The molecule has 0 aliphatic rings. The van der Waals surface area contributed by atoms with Crippen molar-refractivity contribution in [1.82, 2.24) is 0 Å². The van der Waals surface area contributed by atoms with E-state index in [9.17, 15) is 0 Å². The second-order valence-corrected chi connectivity index (χ2v) is 6.40. The lowest BCUT2D eigenvalue weighted by Crippen LogP contribution is -1.74. The van der Waals surface area contributed by atoms with E-state index < -0.39 is 0 Å². The van der Waals surface area contributed by atoms with Crippen molar-refractivity contribution >= 4 is 23.2 Å². The van der Waals surface area contributed by atoms with Crippen LogP contribution >= 0.6 is 23.2 Å². The Labute approximate surface area is 156 Å². The summed E-state index contributed by atoms with van der Waals surface area (Å²) in [5, 5.41) is 1.68. The van der Waals surface area contributed by atoms with Gasteiger partial charge in [0.25, 0.3) is 0 Å². The first-order valence-electron chi connectivity index (χ1n) is 7.86. The minimum absolute atomic E-state index is 0.840. The summed E-state index contributed by atoms with van der Waals surface area (Å²) in [6.07, 6.45) is 0. The predicted octanol–water partition coefficient (Wildman–Crippen LogP) is 7.60. The Morgan fingerprint density at radius 3 is 0.833 bits per heavy atom. The van der Waals surface area contributed by atoms with Gasteiger partial charge in [-0.15, -0.1) is 0 Å². The van der Waals surface area contributed by atoms with E-state index in [1.54, 1.807) is 0 Å². The first kappa shape index (κ1) is 20.3. The molecule has 0 bridgehead atoms. The maximum absolute atomic E-state index is 5.71. The summed E-state index contributed by atoms with van der Waals surface area (Å²) in [6.45, 7) is 8.22. The van der Waals surface area contributed by atoms with Crippen LogP contribution in [0.15, 0.2) is 72.8 Å². The molecule has 0 N–H and O–H groups in total. The number of benzene rings is 3. The highest BCUT2D eigenvalue weighted by molar-refractivity contribution is 6.31. The molecule has 0 amide bonds. The van der Waals surface area contributed by atoms with E-state index in [2.05, 4.69) is 38.1 Å². The topological polar surface area (TPSA) is 0 Å². The molecule has 2 heteroatoms. The highest BCUT2D eigenvalue weighted by Crippen LogP contribution is 2.12. The van der Waals surface area contributed by atoms with Gasteiger partial charge in [0.2, 0.25) is 0 Å². The third-order valence-corrected chi connectivity index (χ3v) is 4.43. The summed E-state index contributed by atoms with van der Waals surface area (Å²) >= 11 is 11.4. The molecule has 0 saturated carbocycles. The van der Waals surface area contributed by atoms with Crippen LogP contribution in [0.1, 0.15) is 22.3 Å². The number of rotatable bonds is 0. The minimum Gasteiger partial charge on any atom is -0.0841 e. The maximum atomic E-state index is 5.71. The lowest BCUT2D eigenvalue weighted by atomic mass is 10.1. The second-order valence-electron chi connectivity index (χ2n) is 5.58. The second kappa shape index (κ2) is 10.9. The Morgan fingerprint density at radius 2 is 0.667 bits per heavy atom. The van der Waals surface area contributed by atoms with Crippen molar-refractivity contribution in [3.8, 4) is 0 Å². The van der Waals surface area contributed by atoms with Gasteiger partial charge in [-0.1, -0.05) is 83.9 Å². The molecule has 0 nitrogen and oxygen atoms in total. The molecular weight excluding hydrogens is 335 g/mol. The van der Waals surface area contributed by atoms with Crippen molar-refractivity contribution in [2.45, 2.75) is 27.7 Å². The zero-order valence-electron chi connectivity index (χ0n) is 14.7. The quantitative estimate of drug-likeness (QED) is 0.388. The van der Waals surface area contributed by atoms with Gasteiger partial charge >= 0.3 is 0 Å². The van der Waals surface area contributed by atoms with Crippen molar-refractivity contribution in [3.63, 3.8) is 0 Å². The Morgan fingerprint density at radius 1 is 0.417 bits per heavy atom. The Hall–Kier alpha value is -1.76. The van der Waals surface area contributed by atoms with Crippen LogP contribution in [0.4, 0.5) is 0 Å². The van der Waals surface area contributed by atoms with E-state index >= 15 is 0 Å². The van der Waals surface area contributed by atoms with Gasteiger partial charge in [-0.2, -0.15) is 0 Å². The van der Waals surface area contributed by atoms with Gasteiger partial charge in [-0.3, -0.25) is 0 Å². The zero-order chi connectivity index (χ0) is 17.9. The third-order valence-electron chi connectivity index (χ3n) is 3.58. The summed E-state index contributed by atoms with van der Waals surface area (Å²) in [7, 11) is 0. The van der Waals surface area contributed by atoms with Gasteiger partial charge in [-0.25, -0.2) is 0 Å². The average Bonchev–Trinajstić information content (AvgIpc) is 2.57. The van der Waals surface area contributed by atoms with Gasteiger partial charge < -0.3 is 0 Å². The Kier molecular flexibility index (Phi) is 9.22. The van der Waals surface area contributed by atoms with Crippen LogP contribution in [0.2, 0.25) is 10.0 Å². The fourth-order valence-corrected chi connectivity index (χ4v) is 2.04. The average molecular weight is 359 g/mol. The first-order valence-corrected chi connectivity index (χ1v) is 8.62. The molecule has 0 atom stereocenters. The van der Waals surface area contributed by atoms with Crippen molar-refractivity contribution < 1.29 is 0 Å². The largest absolute Gasteiger partial charge is 0.0841 e. The van der Waals surface area contributed by atoms with Crippen molar-refractivity contribution in [3.05, 3.63) is 105 Å². The smallest absolute Gasteiger partial charge is 0.0435 e. The maximum Gasteiger partial charge on any atom is 0.0435 e. The molecule has 0 spiro atoms. The van der Waals surface area contributed by atoms with Crippen LogP contribution < -0.4 is 0 Å². The molecule has 0 saturated heterocycles. The van der Waals surface area contributed by atoms with Gasteiger partial charge in [0, 0.05) is 10.0 Å². The molecule has 0 unspecified atom stereocenters. The predicted molar refractivity (Wildman–Crippen MR) is 108 cm³/mol. The highest BCUT2D eigenvalue weighted by Gasteiger charge is 1.87. The first-order chi connectivity index (χ1) is 11.4. The van der Waals surface area contributed by atoms with E-state index in [1.165, 1.54) is 11.1 Å². The van der Waals surface area contributed by atoms with E-state index in [1.807, 2.05) is 62.4 Å². The number of aryl methyl sites for hydroxylation is 4. The molecule has 3 aromatic rings. The molecule has 0 fully saturated rings. The Balaban J connectivity index is 0.000000180. The van der Waals surface area contributed by atoms with Gasteiger partial charge in [0.05, 0.1) is 0 Å². The summed E-state index contributed by atoms with van der Waals surface area (Å²) < 4.78 is 0. The van der Waals surface area contributed by atoms with Gasteiger partial charge in [0.15, 0.2) is 0 Å². The molecular formula is C22H24Cl2.